The molecule has 0 fully saturated rings. The van der Waals surface area contributed by atoms with Gasteiger partial charge in [0.15, 0.2) is 51.8 Å². The second kappa shape index (κ2) is 34.6. The maximum Gasteiger partial charge on any atom is 0.178 e. The minimum Gasteiger partial charge on any atom is -0.455 e. The lowest BCUT2D eigenvalue weighted by molar-refractivity contribution is 0.415. The van der Waals surface area contributed by atoms with Gasteiger partial charge in [0.2, 0.25) is 0 Å². The van der Waals surface area contributed by atoms with E-state index in [-0.39, 0.29) is 16.2 Å². The van der Waals surface area contributed by atoms with Crippen LogP contribution in [0.25, 0.3) is 199 Å². The molecule has 0 bridgehead atoms. The highest BCUT2D eigenvalue weighted by Crippen LogP contribution is 2.58. The molecule has 3 aliphatic rings. The number of aromatic nitrogens is 7. The number of fused-ring (bicyclic) bond motifs is 18. The van der Waals surface area contributed by atoms with Crippen molar-refractivity contribution in [2.24, 2.45) is 0 Å². The second-order valence-electron chi connectivity index (χ2n) is 37.7. The van der Waals surface area contributed by atoms with Gasteiger partial charge in [-0.1, -0.05) is 399 Å². The van der Waals surface area contributed by atoms with Crippen molar-refractivity contribution in [1.29, 1.82) is 0 Å². The summed E-state index contributed by atoms with van der Waals surface area (Å²) in [6.45, 7) is 13.6. The molecule has 27 rings (SSSR count). The van der Waals surface area contributed by atoms with Gasteiger partial charge in [-0.3, -0.25) is 0 Å². The van der Waals surface area contributed by atoms with Gasteiger partial charge >= 0.3 is 0 Å². The fourth-order valence-electron chi connectivity index (χ4n) is 20.4. The minimum absolute atomic E-state index is 0.201. The number of furan rings is 2. The van der Waals surface area contributed by atoms with E-state index < -0.39 is 0 Å². The van der Waals surface area contributed by atoms with Crippen molar-refractivity contribution in [2.45, 2.75) is 57.8 Å². The van der Waals surface area contributed by atoms with E-state index in [1.807, 2.05) is 181 Å². The molecule has 0 amide bonds. The van der Waals surface area contributed by atoms with Gasteiger partial charge in [0, 0.05) is 137 Å². The number of hydrogen-bond acceptors (Lipinski definition) is 13. The summed E-state index contributed by atoms with van der Waals surface area (Å²) in [6, 6.07) is 149. The first-order valence-electron chi connectivity index (χ1n) is 47.6. The van der Waals surface area contributed by atoms with Crippen LogP contribution in [-0.2, 0) is 16.2 Å². The molecule has 13 heteroatoms. The Labute approximate surface area is 819 Å². The van der Waals surface area contributed by atoms with Gasteiger partial charge in [0.25, 0.3) is 0 Å². The predicted octanol–water partition coefficient (Wildman–Crippen LogP) is 34.3. The van der Waals surface area contributed by atoms with E-state index in [0.29, 0.717) is 29.1 Å². The smallest absolute Gasteiger partial charge is 0.178 e. The molecule has 6 aromatic heterocycles. The van der Waals surface area contributed by atoms with E-state index in [1.54, 1.807) is 0 Å². The quantitative estimate of drug-likeness (QED) is 0.115. The molecule has 0 aliphatic carbocycles. The number of hydrogen-bond donors (Lipinski definition) is 0. The highest BCUT2D eigenvalue weighted by molar-refractivity contribution is 7.26. The standard InChI is InChI=1S/C43H30N2O2.C43H30N2OS.C42H29N3O2/c1-43(2)34-22-20-30(25-39(34)47-41-35(43)23-21-33-32-18-9-10-19-38(32)46-40(33)41)29-16-11-17-31(24-29)42-44-36(27-12-5-3-6-13-27)26-37(45-42)28-14-7-4-8-15-28;1-43(2)34-22-20-30(25-38(34)46-40-35(43)23-21-33-32-18-9-10-19-39(32)47-41(33)40)29-16-11-17-31(24-29)42-44-36(27-12-5-3-6-13-27)26-37(45-42)28-14-7-4-8-15-28;1-42(2)33-23-21-30(25-36(33)47-38-34(42)24-22-32-31-15-9-10-16-35(31)46-37(32)38)26-17-19-29(20-18-26)41-44-39(27-11-5-3-6-12-27)43-40(45-41)28-13-7-4-8-14-28/h2*3-26H,1-2H3;3-25H,1-2H3. The van der Waals surface area contributed by atoms with Crippen LogP contribution in [-0.4, -0.2) is 34.9 Å². The van der Waals surface area contributed by atoms with Crippen molar-refractivity contribution in [2.75, 3.05) is 0 Å². The molecule has 672 valence electrons. The second-order valence-corrected chi connectivity index (χ2v) is 38.8. The maximum absolute atomic E-state index is 6.85. The molecule has 0 atom stereocenters. The fourth-order valence-corrected chi connectivity index (χ4v) is 21.5. The average Bonchev–Trinajstić information content (AvgIpc) is 1.69. The van der Waals surface area contributed by atoms with E-state index in [2.05, 4.69) is 302 Å². The molecule has 0 spiro atoms. The first kappa shape index (κ1) is 85.0. The third-order valence-corrected chi connectivity index (χ3v) is 29.1. The zero-order valence-corrected chi connectivity index (χ0v) is 78.9. The van der Waals surface area contributed by atoms with Crippen LogP contribution in [0.3, 0.4) is 0 Å². The summed E-state index contributed by atoms with van der Waals surface area (Å²) in [5.41, 5.74) is 28.5. The lowest BCUT2D eigenvalue weighted by atomic mass is 9.75. The molecule has 18 aromatic carbocycles. The van der Waals surface area contributed by atoms with E-state index in [1.165, 1.54) is 31.3 Å². The molecule has 141 heavy (non-hydrogen) atoms. The van der Waals surface area contributed by atoms with Crippen LogP contribution in [0.15, 0.2) is 440 Å². The fraction of sp³-hybridized carbons (Fsp3) is 0.0703. The molecular formula is C128H89N7O5S. The first-order chi connectivity index (χ1) is 69.1. The average molecular weight is 1840 g/mol. The number of rotatable bonds is 12. The lowest BCUT2D eigenvalue weighted by Gasteiger charge is -2.35. The Balaban J connectivity index is 0.000000111. The normalized spacial score (nSPS) is 13.2. The summed E-state index contributed by atoms with van der Waals surface area (Å²) < 4.78 is 35.5. The monoisotopic (exact) mass is 1840 g/mol. The van der Waals surface area contributed by atoms with Gasteiger partial charge in [-0.05, 0) is 106 Å². The number of benzene rings is 18. The molecular weight excluding hydrogens is 1750 g/mol. The largest absolute Gasteiger partial charge is 0.455 e. The van der Waals surface area contributed by atoms with Crippen LogP contribution in [0.4, 0.5) is 0 Å². The number of nitrogens with zero attached hydrogens (tertiary/aromatic N) is 7. The predicted molar refractivity (Wildman–Crippen MR) is 573 cm³/mol. The Kier molecular flexibility index (Phi) is 20.8. The lowest BCUT2D eigenvalue weighted by Crippen LogP contribution is -2.24. The summed E-state index contributed by atoms with van der Waals surface area (Å²) in [4.78, 5) is 34.8. The summed E-state index contributed by atoms with van der Waals surface area (Å²) in [6.07, 6.45) is 0. The van der Waals surface area contributed by atoms with Crippen LogP contribution < -0.4 is 14.2 Å². The van der Waals surface area contributed by atoms with Gasteiger partial charge in [0.05, 0.1) is 27.5 Å². The summed E-state index contributed by atoms with van der Waals surface area (Å²) >= 11 is 1.81. The topological polar surface area (TPSA) is 144 Å². The van der Waals surface area contributed by atoms with Crippen LogP contribution in [0, 0.1) is 0 Å². The van der Waals surface area contributed by atoms with Crippen LogP contribution >= 0.6 is 11.3 Å². The molecule has 0 saturated carbocycles. The maximum atomic E-state index is 6.85. The molecule has 24 aromatic rings. The Morgan fingerprint density at radius 1 is 0.191 bits per heavy atom. The Morgan fingerprint density at radius 2 is 0.468 bits per heavy atom. The van der Waals surface area contributed by atoms with E-state index in [0.717, 1.165) is 207 Å². The van der Waals surface area contributed by atoms with Crippen molar-refractivity contribution in [1.82, 2.24) is 34.9 Å². The molecule has 0 radical (unpaired) electrons. The SMILES string of the molecule is CC1(C)c2ccc(-c3ccc(-c4nc(-c5ccccc5)nc(-c5ccccc5)n4)cc3)cc2Oc2c1ccc1c2oc2ccccc21.CC1(C)c2ccc(-c3cccc(-c4nc(-c5ccccc5)cc(-c5ccccc5)n4)c3)cc2Oc2c1ccc1c2oc2ccccc21.CC1(C)c2ccc(-c3cccc(-c4nc(-c5ccccc5)cc(-c5ccccc5)n4)c3)cc2Oc2c1ccc1c2sc2ccccc21. The van der Waals surface area contributed by atoms with Crippen molar-refractivity contribution in [3.63, 3.8) is 0 Å². The van der Waals surface area contributed by atoms with E-state index in [4.69, 9.17) is 57.9 Å². The summed E-state index contributed by atoms with van der Waals surface area (Å²) in [5.74, 6) is 8.46. The van der Waals surface area contributed by atoms with Crippen molar-refractivity contribution >= 4 is 75.4 Å². The molecule has 9 heterocycles. The zero-order chi connectivity index (χ0) is 94.6. The molecule has 0 saturated heterocycles. The number of para-hydroxylation sites is 2. The third-order valence-electron chi connectivity index (χ3n) is 27.9. The zero-order valence-electron chi connectivity index (χ0n) is 78.1. The van der Waals surface area contributed by atoms with Crippen LogP contribution in [0.1, 0.15) is 74.9 Å². The van der Waals surface area contributed by atoms with Gasteiger partial charge in [-0.15, -0.1) is 11.3 Å². The molecule has 12 nitrogen and oxygen atoms in total. The highest BCUT2D eigenvalue weighted by atomic mass is 32.1. The van der Waals surface area contributed by atoms with E-state index in [9.17, 15) is 0 Å². The van der Waals surface area contributed by atoms with Crippen molar-refractivity contribution in [3.05, 3.63) is 464 Å². The van der Waals surface area contributed by atoms with E-state index >= 15 is 0 Å². The number of ether oxygens (including phenoxy) is 3. The third kappa shape index (κ3) is 15.4. The first-order valence-corrected chi connectivity index (χ1v) is 48.4. The Hall–Kier alpha value is -17.7. The van der Waals surface area contributed by atoms with Crippen molar-refractivity contribution < 1.29 is 23.0 Å². The van der Waals surface area contributed by atoms with Gasteiger partial charge in [-0.25, -0.2) is 34.9 Å². The summed E-state index contributed by atoms with van der Waals surface area (Å²) in [5, 5.41) is 6.85. The number of thiophene rings is 1. The molecule has 3 aliphatic heterocycles. The van der Waals surface area contributed by atoms with Crippen LogP contribution in [0.5, 0.6) is 34.5 Å². The molecule has 0 N–H and O–H groups in total. The van der Waals surface area contributed by atoms with Crippen molar-refractivity contribution in [3.8, 4) is 170 Å². The molecule has 0 unspecified atom stereocenters. The Bertz CT molecular complexity index is 8510. The van der Waals surface area contributed by atoms with Gasteiger partial charge in [0.1, 0.15) is 34.2 Å². The van der Waals surface area contributed by atoms with Gasteiger partial charge in [-0.2, -0.15) is 0 Å². The van der Waals surface area contributed by atoms with Crippen LogP contribution in [0.2, 0.25) is 0 Å². The Morgan fingerprint density at radius 3 is 0.865 bits per heavy atom. The highest BCUT2D eigenvalue weighted by Gasteiger charge is 2.40. The minimum atomic E-state index is -0.268. The van der Waals surface area contributed by atoms with Gasteiger partial charge < -0.3 is 23.0 Å². The summed E-state index contributed by atoms with van der Waals surface area (Å²) in [7, 11) is 0.